The van der Waals surface area contributed by atoms with E-state index < -0.39 is 41.6 Å². The van der Waals surface area contributed by atoms with Crippen molar-refractivity contribution >= 4 is 23.4 Å². The Morgan fingerprint density at radius 2 is 1.77 bits per heavy atom. The minimum atomic E-state index is -1.27. The van der Waals surface area contributed by atoms with E-state index in [0.29, 0.717) is 11.5 Å². The first-order valence-electron chi connectivity index (χ1n) is 16.8. The predicted molar refractivity (Wildman–Crippen MR) is 174 cm³/mol. The molecule has 0 radical (unpaired) electrons. The van der Waals surface area contributed by atoms with Crippen molar-refractivity contribution in [1.82, 2.24) is 20.9 Å². The fourth-order valence-electron chi connectivity index (χ4n) is 7.52. The van der Waals surface area contributed by atoms with Crippen LogP contribution in [0.3, 0.4) is 0 Å². The van der Waals surface area contributed by atoms with E-state index in [1.165, 1.54) is 0 Å². The topological polar surface area (TPSA) is 155 Å². The van der Waals surface area contributed by atoms with Crippen LogP contribution in [0.15, 0.2) is 46.9 Å². The number of benzene rings is 2. The van der Waals surface area contributed by atoms with E-state index in [1.54, 1.807) is 13.8 Å². The molecule has 3 aliphatic heterocycles. The normalized spacial score (nSPS) is 25.4. The molecular weight excluding hydrogens is 598 g/mol. The molecule has 248 valence electrons. The number of hydrogen-bond acceptors (Lipinski definition) is 8. The molecule has 5 atom stereocenters. The van der Waals surface area contributed by atoms with Crippen molar-refractivity contribution < 1.29 is 28.6 Å². The molecule has 11 heteroatoms. The lowest BCUT2D eigenvalue weighted by atomic mass is 9.72. The molecule has 4 bridgehead atoms. The number of aliphatic hydroxyl groups excluding tert-OH is 1. The van der Waals surface area contributed by atoms with Gasteiger partial charge in [0, 0.05) is 23.7 Å². The molecule has 1 saturated carbocycles. The molecule has 4 aliphatic rings. The van der Waals surface area contributed by atoms with Gasteiger partial charge in [0.1, 0.15) is 29.4 Å². The van der Waals surface area contributed by atoms with Crippen LogP contribution < -0.4 is 26.0 Å². The summed E-state index contributed by atoms with van der Waals surface area (Å²) in [6, 6.07) is 11.9. The van der Waals surface area contributed by atoms with Crippen LogP contribution in [0, 0.1) is 11.8 Å². The fraction of sp³-hybridized carbons (Fsp3) is 0.500. The Labute approximate surface area is 274 Å². The highest BCUT2D eigenvalue weighted by Gasteiger charge is 2.61. The van der Waals surface area contributed by atoms with Crippen molar-refractivity contribution in [2.45, 2.75) is 102 Å². The van der Waals surface area contributed by atoms with Gasteiger partial charge in [0.25, 0.3) is 5.91 Å². The average Bonchev–Trinajstić information content (AvgIpc) is 3.72. The lowest BCUT2D eigenvalue weighted by Crippen LogP contribution is -2.52. The molecule has 4 heterocycles. The van der Waals surface area contributed by atoms with Crippen LogP contribution in [0.25, 0.3) is 0 Å². The monoisotopic (exact) mass is 641 g/mol. The Morgan fingerprint density at radius 3 is 2.51 bits per heavy atom. The van der Waals surface area contributed by atoms with Gasteiger partial charge in [-0.05, 0) is 47.9 Å². The van der Waals surface area contributed by atoms with Gasteiger partial charge in [0.2, 0.25) is 17.7 Å². The molecule has 3 aromatic rings. The van der Waals surface area contributed by atoms with Crippen molar-refractivity contribution in [2.75, 3.05) is 5.32 Å². The number of para-hydroxylation sites is 1. The maximum atomic E-state index is 14.2. The molecule has 1 spiro atoms. The third-order valence-corrected chi connectivity index (χ3v) is 10.1. The number of anilines is 1. The molecular formula is C36H43N5O6. The molecule has 1 aliphatic carbocycles. The molecule has 11 nitrogen and oxygen atoms in total. The SMILES string of the molecule is CC(C)[C@H](O)C(=O)N[C@H]1Cc2ccc3c(c2)C2(c4ccccc4NC2O3)c2oc(nc2C(=O)NC2CCCCC2)[C@H](C(C)C)NC1=O. The summed E-state index contributed by atoms with van der Waals surface area (Å²) in [7, 11) is 0. The number of carbonyl (C=O) groups is 3. The molecule has 47 heavy (non-hydrogen) atoms. The first-order valence-corrected chi connectivity index (χ1v) is 16.8. The zero-order valence-corrected chi connectivity index (χ0v) is 27.3. The summed E-state index contributed by atoms with van der Waals surface area (Å²) in [4.78, 5) is 46.1. The number of ether oxygens (including phenoxy) is 1. The number of carbonyl (C=O) groups excluding carboxylic acids is 3. The number of nitrogens with one attached hydrogen (secondary N) is 4. The lowest BCUT2D eigenvalue weighted by Gasteiger charge is -2.29. The summed E-state index contributed by atoms with van der Waals surface area (Å²) in [6.07, 6.45) is 3.35. The van der Waals surface area contributed by atoms with E-state index in [0.717, 1.165) is 54.5 Å². The van der Waals surface area contributed by atoms with Crippen LogP contribution >= 0.6 is 0 Å². The van der Waals surface area contributed by atoms with Crippen LogP contribution in [0.4, 0.5) is 5.69 Å². The number of hydrogen-bond donors (Lipinski definition) is 5. The number of aliphatic hydroxyl groups is 1. The number of amides is 3. The Balaban J connectivity index is 1.42. The van der Waals surface area contributed by atoms with Crippen LogP contribution in [0.2, 0.25) is 0 Å². The van der Waals surface area contributed by atoms with Gasteiger partial charge in [-0.2, -0.15) is 0 Å². The first kappa shape index (κ1) is 31.2. The summed E-state index contributed by atoms with van der Waals surface area (Å²) in [5, 5.41) is 23.1. The van der Waals surface area contributed by atoms with E-state index >= 15 is 0 Å². The van der Waals surface area contributed by atoms with Gasteiger partial charge >= 0.3 is 0 Å². The van der Waals surface area contributed by atoms with E-state index in [1.807, 2.05) is 56.3 Å². The Kier molecular flexibility index (Phi) is 7.98. The Morgan fingerprint density at radius 1 is 1.00 bits per heavy atom. The molecule has 1 fully saturated rings. The van der Waals surface area contributed by atoms with Crippen molar-refractivity contribution in [2.24, 2.45) is 11.8 Å². The van der Waals surface area contributed by atoms with Crippen molar-refractivity contribution in [3.63, 3.8) is 0 Å². The zero-order chi connectivity index (χ0) is 33.0. The van der Waals surface area contributed by atoms with Gasteiger partial charge < -0.3 is 35.5 Å². The maximum absolute atomic E-state index is 14.2. The average molecular weight is 642 g/mol. The largest absolute Gasteiger partial charge is 0.469 e. The Bertz CT molecular complexity index is 1710. The highest BCUT2D eigenvalue weighted by atomic mass is 16.5. The third-order valence-electron chi connectivity index (χ3n) is 10.1. The highest BCUT2D eigenvalue weighted by Crippen LogP contribution is 2.58. The predicted octanol–water partition coefficient (Wildman–Crippen LogP) is 4.09. The molecule has 1 aromatic heterocycles. The van der Waals surface area contributed by atoms with Gasteiger partial charge in [0.05, 0.1) is 0 Å². The summed E-state index contributed by atoms with van der Waals surface area (Å²) >= 11 is 0. The molecule has 0 saturated heterocycles. The summed E-state index contributed by atoms with van der Waals surface area (Å²) < 4.78 is 13.3. The van der Waals surface area contributed by atoms with Gasteiger partial charge in [0.15, 0.2) is 17.7 Å². The van der Waals surface area contributed by atoms with Gasteiger partial charge in [-0.15, -0.1) is 0 Å². The highest BCUT2D eigenvalue weighted by molar-refractivity contribution is 5.95. The van der Waals surface area contributed by atoms with Gasteiger partial charge in [-0.25, -0.2) is 4.98 Å². The molecule has 5 N–H and O–H groups in total. The van der Waals surface area contributed by atoms with Crippen molar-refractivity contribution in [1.29, 1.82) is 0 Å². The fourth-order valence-corrected chi connectivity index (χ4v) is 7.52. The van der Waals surface area contributed by atoms with Gasteiger partial charge in [-0.3, -0.25) is 14.4 Å². The van der Waals surface area contributed by atoms with Gasteiger partial charge in [-0.1, -0.05) is 77.3 Å². The van der Waals surface area contributed by atoms with Crippen LogP contribution in [0.1, 0.15) is 105 Å². The number of aromatic nitrogens is 1. The summed E-state index contributed by atoms with van der Waals surface area (Å²) in [5.74, 6) is -0.717. The van der Waals surface area contributed by atoms with Crippen molar-refractivity contribution in [3.8, 4) is 5.75 Å². The second kappa shape index (κ2) is 12.0. The molecule has 2 unspecified atom stereocenters. The third kappa shape index (κ3) is 5.24. The van der Waals surface area contributed by atoms with E-state index in [4.69, 9.17) is 14.1 Å². The minimum absolute atomic E-state index is 0.0403. The number of nitrogens with zero attached hydrogens (tertiary/aromatic N) is 1. The van der Waals surface area contributed by atoms with Crippen LogP contribution in [-0.2, 0) is 21.4 Å². The summed E-state index contributed by atoms with van der Waals surface area (Å²) in [6.45, 7) is 7.36. The maximum Gasteiger partial charge on any atom is 0.273 e. The van der Waals surface area contributed by atoms with E-state index in [-0.39, 0.29) is 41.8 Å². The Hall–Kier alpha value is -4.38. The van der Waals surface area contributed by atoms with E-state index in [9.17, 15) is 19.5 Å². The molecule has 3 amide bonds. The number of rotatable bonds is 6. The smallest absolute Gasteiger partial charge is 0.273 e. The quantitative estimate of drug-likeness (QED) is 0.270. The van der Waals surface area contributed by atoms with E-state index in [2.05, 4.69) is 21.3 Å². The minimum Gasteiger partial charge on any atom is -0.469 e. The first-order chi connectivity index (χ1) is 22.6. The number of fused-ring (bicyclic) bond motifs is 4. The second-order valence-corrected chi connectivity index (χ2v) is 14.0. The summed E-state index contributed by atoms with van der Waals surface area (Å²) in [5.41, 5.74) is 2.40. The standard InChI is InChI=1S/C36H43N5O6/c1-18(2)27-34-41-28(32(44)37-21-10-6-5-7-11-21)30(47-34)36-22-12-8-9-13-24(22)39-35(36)46-26-15-14-20(16-23(26)36)17-25(31(43)40-27)38-33(45)29(42)19(3)4/h8-9,12-16,18-19,21,25,27,29,35,39,42H,5-7,10-11,17H2,1-4H3,(H,37,44)(H,38,45)(H,40,43)/t25-,27-,29-,35?,36?/m0/s1. The molecule has 2 aromatic carbocycles. The van der Waals surface area contributed by atoms with Crippen LogP contribution in [-0.4, -0.2) is 52.2 Å². The zero-order valence-electron chi connectivity index (χ0n) is 27.3. The molecule has 7 rings (SSSR count). The van der Waals surface area contributed by atoms with Crippen LogP contribution in [0.5, 0.6) is 5.75 Å². The number of oxazole rings is 1. The second-order valence-electron chi connectivity index (χ2n) is 14.0. The lowest BCUT2D eigenvalue weighted by molar-refractivity contribution is -0.135. The van der Waals surface area contributed by atoms with Crippen molar-refractivity contribution in [3.05, 3.63) is 76.5 Å².